The first kappa shape index (κ1) is 13.7. The zero-order chi connectivity index (χ0) is 13.1. The minimum atomic E-state index is -3.79. The number of amides is 1. The molecule has 0 aliphatic rings. The summed E-state index contributed by atoms with van der Waals surface area (Å²) in [6.45, 7) is 3.31. The number of hydrogen-bond acceptors (Lipinski definition) is 4. The highest BCUT2D eigenvalue weighted by atomic mass is 32.2. The summed E-state index contributed by atoms with van der Waals surface area (Å²) in [6, 6.07) is 7.72. The number of sulfonamides is 1. The van der Waals surface area contributed by atoms with Gasteiger partial charge in [0.05, 0.1) is 4.90 Å². The number of carbonyl (C=O) groups excluding carboxylic acids is 1. The summed E-state index contributed by atoms with van der Waals surface area (Å²) < 4.78 is 25.5. The molecule has 0 heterocycles. The summed E-state index contributed by atoms with van der Waals surface area (Å²) in [4.78, 5) is 11.5. The molecule has 0 fully saturated rings. The number of carbonyl (C=O) groups is 1. The van der Waals surface area contributed by atoms with Crippen molar-refractivity contribution < 1.29 is 13.2 Å². The van der Waals surface area contributed by atoms with Crippen molar-refractivity contribution in [3.05, 3.63) is 30.3 Å². The first-order valence-corrected chi connectivity index (χ1v) is 6.59. The molecule has 6 heteroatoms. The van der Waals surface area contributed by atoms with Crippen LogP contribution in [0.3, 0.4) is 0 Å². The Balaban J connectivity index is 2.79. The average Bonchev–Trinajstić information content (AvgIpc) is 2.15. The summed E-state index contributed by atoms with van der Waals surface area (Å²) in [5.41, 5.74) is 4.90. The van der Waals surface area contributed by atoms with E-state index in [2.05, 4.69) is 0 Å². The van der Waals surface area contributed by atoms with Crippen LogP contribution in [0.15, 0.2) is 35.2 Å². The Bertz CT molecular complexity index is 489. The van der Waals surface area contributed by atoms with Gasteiger partial charge in [-0.2, -0.15) is 0 Å². The first-order valence-electron chi connectivity index (χ1n) is 5.10. The van der Waals surface area contributed by atoms with E-state index < -0.39 is 21.5 Å². The van der Waals surface area contributed by atoms with Crippen LogP contribution in [-0.2, 0) is 14.8 Å². The Labute approximate surface area is 101 Å². The molecule has 0 radical (unpaired) electrons. The van der Waals surface area contributed by atoms with E-state index in [0.29, 0.717) is 0 Å². The summed E-state index contributed by atoms with van der Waals surface area (Å²) in [6.07, 6.45) is -0.0565. The first-order chi connectivity index (χ1) is 7.71. The van der Waals surface area contributed by atoms with E-state index in [4.69, 9.17) is 5.73 Å². The predicted molar refractivity (Wildman–Crippen MR) is 64.7 cm³/mol. The molecule has 0 spiro atoms. The van der Waals surface area contributed by atoms with Crippen molar-refractivity contribution >= 4 is 15.9 Å². The van der Waals surface area contributed by atoms with Crippen LogP contribution in [0.5, 0.6) is 0 Å². The van der Waals surface area contributed by atoms with Gasteiger partial charge in [-0.25, -0.2) is 13.1 Å². The summed E-state index contributed by atoms with van der Waals surface area (Å²) in [5.74, 6) is -0.610. The van der Waals surface area contributed by atoms with Gasteiger partial charge >= 0.3 is 0 Å². The highest BCUT2D eigenvalue weighted by molar-refractivity contribution is 7.90. The maximum absolute atomic E-state index is 11.8. The molecule has 1 rings (SSSR count). The summed E-state index contributed by atoms with van der Waals surface area (Å²) in [7, 11) is -3.79. The standard InChI is InChI=1S/C11H16N2O3S/c1-11(2,12)8-10(14)13-17(15,16)9-6-4-3-5-7-9/h3-7H,8,12H2,1-2H3,(H,13,14). The molecule has 0 aliphatic heterocycles. The Morgan fingerprint density at radius 2 is 1.82 bits per heavy atom. The lowest BCUT2D eigenvalue weighted by atomic mass is 10.0. The van der Waals surface area contributed by atoms with Crippen LogP contribution in [0.25, 0.3) is 0 Å². The molecule has 0 saturated heterocycles. The van der Waals surface area contributed by atoms with Gasteiger partial charge < -0.3 is 5.73 Å². The third-order valence-corrected chi connectivity index (χ3v) is 3.31. The topological polar surface area (TPSA) is 89.3 Å². The summed E-state index contributed by atoms with van der Waals surface area (Å²) in [5, 5.41) is 0. The lowest BCUT2D eigenvalue weighted by molar-refractivity contribution is -0.120. The Kier molecular flexibility index (Phi) is 3.90. The molecule has 0 aliphatic carbocycles. The fourth-order valence-electron chi connectivity index (χ4n) is 1.26. The van der Waals surface area contributed by atoms with Gasteiger partial charge in [-0.1, -0.05) is 18.2 Å². The molecule has 1 amide bonds. The zero-order valence-corrected chi connectivity index (χ0v) is 10.6. The largest absolute Gasteiger partial charge is 0.325 e. The van der Waals surface area contributed by atoms with Crippen LogP contribution in [0, 0.1) is 0 Å². The number of nitrogens with one attached hydrogen (secondary N) is 1. The van der Waals surface area contributed by atoms with E-state index in [0.717, 1.165) is 0 Å². The number of hydrogen-bond donors (Lipinski definition) is 2. The van der Waals surface area contributed by atoms with Crippen molar-refractivity contribution in [1.29, 1.82) is 0 Å². The smallest absolute Gasteiger partial charge is 0.264 e. The molecule has 1 aromatic carbocycles. The molecule has 5 nitrogen and oxygen atoms in total. The molecule has 0 aromatic heterocycles. The fraction of sp³-hybridized carbons (Fsp3) is 0.364. The van der Waals surface area contributed by atoms with Crippen LogP contribution in [0.2, 0.25) is 0 Å². The highest BCUT2D eigenvalue weighted by Gasteiger charge is 2.21. The molecule has 1 aromatic rings. The van der Waals surface area contributed by atoms with E-state index in [9.17, 15) is 13.2 Å². The van der Waals surface area contributed by atoms with Crippen molar-refractivity contribution in [2.75, 3.05) is 0 Å². The van der Waals surface area contributed by atoms with Gasteiger partial charge in [-0.3, -0.25) is 4.79 Å². The molecular weight excluding hydrogens is 240 g/mol. The van der Waals surface area contributed by atoms with Crippen LogP contribution >= 0.6 is 0 Å². The number of benzene rings is 1. The van der Waals surface area contributed by atoms with E-state index in [1.165, 1.54) is 12.1 Å². The zero-order valence-electron chi connectivity index (χ0n) is 9.80. The van der Waals surface area contributed by atoms with Gasteiger partial charge in [0.2, 0.25) is 5.91 Å². The Morgan fingerprint density at radius 3 is 2.29 bits per heavy atom. The van der Waals surface area contributed by atoms with Gasteiger partial charge in [-0.15, -0.1) is 0 Å². The second-order valence-corrected chi connectivity index (χ2v) is 6.19. The molecule has 3 N–H and O–H groups in total. The van der Waals surface area contributed by atoms with Crippen LogP contribution in [0.4, 0.5) is 0 Å². The lowest BCUT2D eigenvalue weighted by Gasteiger charge is -2.17. The molecule has 0 saturated carbocycles. The van der Waals surface area contributed by atoms with Crippen molar-refractivity contribution in [2.24, 2.45) is 5.73 Å². The molecule has 0 unspecified atom stereocenters. The molecule has 0 atom stereocenters. The van der Waals surface area contributed by atoms with Gasteiger partial charge in [0, 0.05) is 12.0 Å². The second-order valence-electron chi connectivity index (χ2n) is 4.51. The Morgan fingerprint density at radius 1 is 1.29 bits per heavy atom. The highest BCUT2D eigenvalue weighted by Crippen LogP contribution is 2.09. The summed E-state index contributed by atoms with van der Waals surface area (Å²) >= 11 is 0. The normalized spacial score (nSPS) is 12.2. The van der Waals surface area contributed by atoms with Crippen molar-refractivity contribution in [3.8, 4) is 0 Å². The van der Waals surface area contributed by atoms with E-state index in [1.54, 1.807) is 32.0 Å². The van der Waals surface area contributed by atoms with Gasteiger partial charge in [0.1, 0.15) is 0 Å². The lowest BCUT2D eigenvalue weighted by Crippen LogP contribution is -2.40. The maximum atomic E-state index is 11.8. The quantitative estimate of drug-likeness (QED) is 0.826. The van der Waals surface area contributed by atoms with Gasteiger partial charge in [0.15, 0.2) is 0 Å². The van der Waals surface area contributed by atoms with Crippen LogP contribution < -0.4 is 10.5 Å². The fourth-order valence-corrected chi connectivity index (χ4v) is 2.26. The van der Waals surface area contributed by atoms with Crippen LogP contribution in [-0.4, -0.2) is 19.9 Å². The molecule has 94 valence electrons. The molecule has 17 heavy (non-hydrogen) atoms. The third kappa shape index (κ3) is 4.54. The van der Waals surface area contributed by atoms with E-state index >= 15 is 0 Å². The Hall–Kier alpha value is -1.40. The molecule has 0 bridgehead atoms. The van der Waals surface area contributed by atoms with E-state index in [1.807, 2.05) is 4.72 Å². The second kappa shape index (κ2) is 4.85. The minimum absolute atomic E-state index is 0.0565. The van der Waals surface area contributed by atoms with Crippen LogP contribution in [0.1, 0.15) is 20.3 Å². The van der Waals surface area contributed by atoms with Crippen molar-refractivity contribution in [1.82, 2.24) is 4.72 Å². The van der Waals surface area contributed by atoms with Crippen molar-refractivity contribution in [3.63, 3.8) is 0 Å². The average molecular weight is 256 g/mol. The number of nitrogens with two attached hydrogens (primary N) is 1. The third-order valence-electron chi connectivity index (χ3n) is 1.92. The predicted octanol–water partition coefficient (Wildman–Crippen LogP) is 0.619. The minimum Gasteiger partial charge on any atom is -0.325 e. The van der Waals surface area contributed by atoms with Gasteiger partial charge in [0.25, 0.3) is 10.0 Å². The van der Waals surface area contributed by atoms with Gasteiger partial charge in [-0.05, 0) is 26.0 Å². The monoisotopic (exact) mass is 256 g/mol. The van der Waals surface area contributed by atoms with E-state index in [-0.39, 0.29) is 11.3 Å². The number of rotatable bonds is 4. The van der Waals surface area contributed by atoms with Crippen molar-refractivity contribution in [2.45, 2.75) is 30.7 Å². The molecular formula is C11H16N2O3S. The SMILES string of the molecule is CC(C)(N)CC(=O)NS(=O)(=O)c1ccccc1. The maximum Gasteiger partial charge on any atom is 0.264 e.